The highest BCUT2D eigenvalue weighted by Gasteiger charge is 2.30. The summed E-state index contributed by atoms with van der Waals surface area (Å²) in [7, 11) is 0. The fourth-order valence-corrected chi connectivity index (χ4v) is 2.47. The fourth-order valence-electron chi connectivity index (χ4n) is 1.19. The quantitative estimate of drug-likeness (QED) is 0.779. The number of hydrogen-bond acceptors (Lipinski definition) is 3. The highest BCUT2D eigenvalue weighted by Crippen LogP contribution is 2.34. The number of aromatic hydroxyl groups is 1. The van der Waals surface area contributed by atoms with Gasteiger partial charge in [0.1, 0.15) is 5.75 Å². The highest BCUT2D eigenvalue weighted by atomic mass is 79.9. The molecule has 0 spiro atoms. The number of phenols is 1. The van der Waals surface area contributed by atoms with Crippen molar-refractivity contribution < 1.29 is 20.1 Å². The van der Waals surface area contributed by atoms with Crippen molar-refractivity contribution in [3.63, 3.8) is 0 Å². The molecule has 0 radical (unpaired) electrons. The number of carboxylic acids is 1. The van der Waals surface area contributed by atoms with E-state index in [9.17, 15) is 15.0 Å². The molecule has 1 aromatic carbocycles. The molecule has 3 N–H and O–H groups in total. The van der Waals surface area contributed by atoms with E-state index in [0.29, 0.717) is 14.5 Å². The molecule has 0 aromatic heterocycles. The van der Waals surface area contributed by atoms with Gasteiger partial charge in [0, 0.05) is 6.42 Å². The van der Waals surface area contributed by atoms with Gasteiger partial charge < -0.3 is 15.3 Å². The van der Waals surface area contributed by atoms with Gasteiger partial charge in [-0.1, -0.05) is 0 Å². The number of carbonyl (C=O) groups is 1. The predicted molar refractivity (Wildman–Crippen MR) is 65.5 cm³/mol. The number of hydrogen-bond donors (Lipinski definition) is 3. The van der Waals surface area contributed by atoms with Crippen LogP contribution in [0.1, 0.15) is 12.5 Å². The summed E-state index contributed by atoms with van der Waals surface area (Å²) in [5.41, 5.74) is -1.22. The van der Waals surface area contributed by atoms with Gasteiger partial charge in [-0.05, 0) is 56.5 Å². The Labute approximate surface area is 109 Å². The first-order valence-electron chi connectivity index (χ1n) is 4.36. The Morgan fingerprint density at radius 2 is 1.81 bits per heavy atom. The molecule has 6 heteroatoms. The van der Waals surface area contributed by atoms with Crippen LogP contribution in [-0.2, 0) is 11.2 Å². The van der Waals surface area contributed by atoms with Crippen LogP contribution in [0.25, 0.3) is 0 Å². The van der Waals surface area contributed by atoms with Gasteiger partial charge in [0.25, 0.3) is 0 Å². The van der Waals surface area contributed by atoms with Gasteiger partial charge in [0.2, 0.25) is 0 Å². The molecule has 0 aliphatic heterocycles. The van der Waals surface area contributed by atoms with Crippen LogP contribution >= 0.6 is 31.9 Å². The molecular formula is C10H10Br2O4. The number of phenolic OH excluding ortho intramolecular Hbond substituents is 1. The summed E-state index contributed by atoms with van der Waals surface area (Å²) in [5.74, 6) is -1.24. The van der Waals surface area contributed by atoms with Crippen molar-refractivity contribution in [2.24, 2.45) is 0 Å². The summed E-state index contributed by atoms with van der Waals surface area (Å²) in [6.07, 6.45) is -0.0419. The average Bonchev–Trinajstić information content (AvgIpc) is 2.13. The lowest BCUT2D eigenvalue weighted by molar-refractivity contribution is -0.156. The van der Waals surface area contributed by atoms with E-state index < -0.39 is 11.6 Å². The van der Waals surface area contributed by atoms with Gasteiger partial charge >= 0.3 is 5.97 Å². The summed E-state index contributed by atoms with van der Waals surface area (Å²) in [6.45, 7) is 1.23. The largest absolute Gasteiger partial charge is 0.506 e. The molecule has 0 heterocycles. The molecule has 1 atom stereocenters. The molecule has 1 aromatic rings. The second-order valence-electron chi connectivity index (χ2n) is 3.66. The van der Waals surface area contributed by atoms with Gasteiger partial charge in [0.05, 0.1) is 8.95 Å². The molecule has 0 fully saturated rings. The van der Waals surface area contributed by atoms with Crippen LogP contribution in [0.3, 0.4) is 0 Å². The molecule has 0 aliphatic carbocycles. The number of benzene rings is 1. The van der Waals surface area contributed by atoms with E-state index in [1.165, 1.54) is 6.92 Å². The summed E-state index contributed by atoms with van der Waals surface area (Å²) in [4.78, 5) is 10.7. The Balaban J connectivity index is 3.04. The predicted octanol–water partition coefficient (Wildman–Crippen LogP) is 2.30. The molecule has 0 saturated carbocycles. The minimum Gasteiger partial charge on any atom is -0.506 e. The molecule has 16 heavy (non-hydrogen) atoms. The Kier molecular flexibility index (Phi) is 3.98. The lowest BCUT2D eigenvalue weighted by Crippen LogP contribution is -2.37. The molecule has 88 valence electrons. The molecule has 1 unspecified atom stereocenters. The minimum absolute atomic E-state index is 0.0405. The van der Waals surface area contributed by atoms with Crippen LogP contribution in [-0.4, -0.2) is 26.9 Å². The second kappa shape index (κ2) is 4.73. The van der Waals surface area contributed by atoms with E-state index in [1.54, 1.807) is 12.1 Å². The van der Waals surface area contributed by atoms with Crippen LogP contribution in [0.15, 0.2) is 21.1 Å². The molecule has 0 saturated heterocycles. The summed E-state index contributed by atoms with van der Waals surface area (Å²) < 4.78 is 0.885. The van der Waals surface area contributed by atoms with E-state index in [-0.39, 0.29) is 12.2 Å². The van der Waals surface area contributed by atoms with Crippen LogP contribution in [0.2, 0.25) is 0 Å². The topological polar surface area (TPSA) is 77.8 Å². The van der Waals surface area contributed by atoms with Crippen molar-refractivity contribution in [2.75, 3.05) is 0 Å². The molecule has 0 aliphatic rings. The van der Waals surface area contributed by atoms with Gasteiger partial charge in [0.15, 0.2) is 5.60 Å². The van der Waals surface area contributed by atoms with Gasteiger partial charge in [-0.25, -0.2) is 4.79 Å². The lowest BCUT2D eigenvalue weighted by atomic mass is 9.97. The van der Waals surface area contributed by atoms with Crippen molar-refractivity contribution in [1.29, 1.82) is 0 Å². The van der Waals surface area contributed by atoms with Gasteiger partial charge in [-0.2, -0.15) is 0 Å². The van der Waals surface area contributed by atoms with Crippen molar-refractivity contribution in [1.82, 2.24) is 0 Å². The number of aliphatic carboxylic acids is 1. The summed E-state index contributed by atoms with van der Waals surface area (Å²) in [6, 6.07) is 3.13. The fraction of sp³-hybridized carbons (Fsp3) is 0.300. The maximum Gasteiger partial charge on any atom is 0.335 e. The van der Waals surface area contributed by atoms with E-state index in [4.69, 9.17) is 5.11 Å². The Hall–Kier alpha value is -0.590. The normalized spacial score (nSPS) is 14.5. The first kappa shape index (κ1) is 13.5. The molecular weight excluding hydrogens is 344 g/mol. The monoisotopic (exact) mass is 352 g/mol. The van der Waals surface area contributed by atoms with E-state index >= 15 is 0 Å². The van der Waals surface area contributed by atoms with Crippen molar-refractivity contribution in [3.05, 3.63) is 26.6 Å². The zero-order valence-corrected chi connectivity index (χ0v) is 11.5. The van der Waals surface area contributed by atoms with E-state index in [2.05, 4.69) is 31.9 Å². The lowest BCUT2D eigenvalue weighted by Gasteiger charge is -2.18. The van der Waals surface area contributed by atoms with Crippen molar-refractivity contribution in [2.45, 2.75) is 18.9 Å². The Bertz CT molecular complexity index is 406. The molecule has 4 nitrogen and oxygen atoms in total. The van der Waals surface area contributed by atoms with Crippen molar-refractivity contribution in [3.8, 4) is 5.75 Å². The zero-order chi connectivity index (χ0) is 12.5. The third-order valence-corrected chi connectivity index (χ3v) is 3.29. The summed E-state index contributed by atoms with van der Waals surface area (Å²) >= 11 is 6.26. The van der Waals surface area contributed by atoms with Crippen LogP contribution in [0.5, 0.6) is 5.75 Å². The maximum absolute atomic E-state index is 10.7. The van der Waals surface area contributed by atoms with Crippen LogP contribution in [0, 0.1) is 0 Å². The zero-order valence-electron chi connectivity index (χ0n) is 8.37. The third kappa shape index (κ3) is 2.96. The molecule has 1 rings (SSSR count). The summed E-state index contributed by atoms with van der Waals surface area (Å²) in [5, 5.41) is 27.8. The Morgan fingerprint density at radius 1 is 1.38 bits per heavy atom. The minimum atomic E-state index is -1.82. The Morgan fingerprint density at radius 3 is 2.19 bits per heavy atom. The smallest absolute Gasteiger partial charge is 0.335 e. The van der Waals surface area contributed by atoms with Crippen LogP contribution < -0.4 is 0 Å². The van der Waals surface area contributed by atoms with Gasteiger partial charge in [-0.3, -0.25) is 0 Å². The highest BCUT2D eigenvalue weighted by molar-refractivity contribution is 9.11. The van der Waals surface area contributed by atoms with Crippen molar-refractivity contribution >= 4 is 37.8 Å². The maximum atomic E-state index is 10.7. The third-order valence-electron chi connectivity index (χ3n) is 2.09. The SMILES string of the molecule is CC(O)(Cc1cc(Br)c(O)c(Br)c1)C(=O)O. The standard InChI is InChI=1S/C10H10Br2O4/c1-10(16,9(14)15)4-5-2-6(11)8(13)7(12)3-5/h2-3,13,16H,4H2,1H3,(H,14,15). The first-order valence-corrected chi connectivity index (χ1v) is 5.95. The number of halogens is 2. The number of aliphatic hydroxyl groups is 1. The van der Waals surface area contributed by atoms with Crippen LogP contribution in [0.4, 0.5) is 0 Å². The first-order chi connectivity index (χ1) is 7.24. The average molecular weight is 354 g/mol. The molecule has 0 bridgehead atoms. The molecule has 0 amide bonds. The van der Waals surface area contributed by atoms with E-state index in [1.807, 2.05) is 0 Å². The second-order valence-corrected chi connectivity index (χ2v) is 5.37. The van der Waals surface area contributed by atoms with Gasteiger partial charge in [-0.15, -0.1) is 0 Å². The number of rotatable bonds is 3. The number of carboxylic acid groups (broad SMARTS) is 1. The van der Waals surface area contributed by atoms with E-state index in [0.717, 1.165) is 0 Å².